The molecule has 7 atom stereocenters. The second-order valence-electron chi connectivity index (χ2n) is 14.8. The van der Waals surface area contributed by atoms with Gasteiger partial charge in [-0.2, -0.15) is 0 Å². The van der Waals surface area contributed by atoms with Crippen LogP contribution in [0.4, 0.5) is 10.1 Å². The molecule has 58 heavy (non-hydrogen) atoms. The zero-order valence-electron chi connectivity index (χ0n) is 32.9. The third-order valence-corrected chi connectivity index (χ3v) is 10.6. The Balaban J connectivity index is 1.14. The predicted molar refractivity (Wildman–Crippen MR) is 213 cm³/mol. The van der Waals surface area contributed by atoms with Gasteiger partial charge in [0.05, 0.1) is 31.8 Å². The average Bonchev–Trinajstić information content (AvgIpc) is 3.23. The topological polar surface area (TPSA) is 229 Å². The maximum Gasteiger partial charge on any atom is 0.251 e. The van der Waals surface area contributed by atoms with Crippen LogP contribution in [0.15, 0.2) is 66.7 Å². The van der Waals surface area contributed by atoms with Crippen LogP contribution in [0.1, 0.15) is 99.5 Å². The van der Waals surface area contributed by atoms with Crippen LogP contribution < -0.4 is 20.3 Å². The molecule has 14 nitrogen and oxygen atoms in total. The summed E-state index contributed by atoms with van der Waals surface area (Å²) in [4.78, 5) is 39.7. The lowest BCUT2D eigenvalue weighted by Crippen LogP contribution is -2.55. The summed E-state index contributed by atoms with van der Waals surface area (Å²) in [5, 5.41) is 74.6. The predicted octanol–water partition coefficient (Wildman–Crippen LogP) is 3.44. The van der Waals surface area contributed by atoms with Crippen molar-refractivity contribution in [2.24, 2.45) is 5.92 Å². The first-order valence-electron chi connectivity index (χ1n) is 20.0. The third-order valence-electron chi connectivity index (χ3n) is 10.6. The number of nitrogens with one attached hydrogen (secondary N) is 2. The van der Waals surface area contributed by atoms with Crippen LogP contribution in [-0.2, 0) is 20.9 Å². The third kappa shape index (κ3) is 12.9. The molecule has 3 amide bonds. The van der Waals surface area contributed by atoms with E-state index in [-0.39, 0.29) is 30.5 Å². The van der Waals surface area contributed by atoms with E-state index in [4.69, 9.17) is 9.84 Å². The molecule has 4 rings (SSSR count). The number of methoxy groups -OCH3 is 1. The summed E-state index contributed by atoms with van der Waals surface area (Å²) >= 11 is 0. The minimum atomic E-state index is -1.93. The number of phenols is 1. The molecule has 1 aliphatic rings. The number of hydrogen-bond donors (Lipinski definition) is 9. The van der Waals surface area contributed by atoms with Gasteiger partial charge in [0.2, 0.25) is 11.8 Å². The van der Waals surface area contributed by atoms with Gasteiger partial charge in [0.15, 0.2) is 6.10 Å². The Morgan fingerprint density at radius 1 is 0.828 bits per heavy atom. The van der Waals surface area contributed by atoms with Gasteiger partial charge in [0.25, 0.3) is 5.91 Å². The number of phenolic OH excluding ortho intramolecular Hbond substituents is 1. The highest BCUT2D eigenvalue weighted by Gasteiger charge is 2.49. The Morgan fingerprint density at radius 3 is 2.09 bits per heavy atom. The summed E-state index contributed by atoms with van der Waals surface area (Å²) in [7, 11) is 1.50. The number of unbranched alkanes of at least 4 members (excludes halogenated alkanes) is 7. The van der Waals surface area contributed by atoms with E-state index in [2.05, 4.69) is 10.6 Å². The van der Waals surface area contributed by atoms with E-state index in [0.29, 0.717) is 48.4 Å². The molecule has 1 heterocycles. The van der Waals surface area contributed by atoms with E-state index in [9.17, 15) is 49.4 Å². The number of aromatic hydroxyl groups is 1. The van der Waals surface area contributed by atoms with Crippen LogP contribution in [0.5, 0.6) is 11.5 Å². The summed E-state index contributed by atoms with van der Waals surface area (Å²) in [5.74, 6) is -1.52. The number of aliphatic hydroxyl groups is 6. The minimum absolute atomic E-state index is 0.0128. The maximum atomic E-state index is 13.6. The Hall–Kier alpha value is -4.64. The van der Waals surface area contributed by atoms with Crippen LogP contribution in [0.3, 0.4) is 0 Å². The van der Waals surface area contributed by atoms with Gasteiger partial charge < -0.3 is 56.0 Å². The highest BCUT2D eigenvalue weighted by Crippen LogP contribution is 2.49. The van der Waals surface area contributed by atoms with Crippen molar-refractivity contribution >= 4 is 23.4 Å². The van der Waals surface area contributed by atoms with Crippen molar-refractivity contribution in [3.05, 3.63) is 89.2 Å². The molecule has 0 aromatic heterocycles. The fraction of sp³-hybridized carbons (Fsp3) is 0.512. The molecular weight excluding hydrogens is 753 g/mol. The summed E-state index contributed by atoms with van der Waals surface area (Å²) in [6.45, 7) is -0.215. The van der Waals surface area contributed by atoms with E-state index >= 15 is 0 Å². The summed E-state index contributed by atoms with van der Waals surface area (Å²) in [6.07, 6.45) is -0.154. The van der Waals surface area contributed by atoms with E-state index < -0.39 is 60.8 Å². The second-order valence-corrected chi connectivity index (χ2v) is 14.8. The number of benzene rings is 3. The van der Waals surface area contributed by atoms with Gasteiger partial charge in [0, 0.05) is 36.8 Å². The molecule has 9 N–H and O–H groups in total. The van der Waals surface area contributed by atoms with Crippen molar-refractivity contribution in [1.29, 1.82) is 0 Å². The SMILES string of the molecule is COc1ccc([C@@H]2[C@@H](CC[C@H](O)c3ccc(F)cc3)C(=O)N2c2ccc(CNC(=O)CCCCCCCCCCNC(=O)[C@H](O)[C@@H](O)[C@H](O)[C@H](O)CO)cc2)c(O)c1. The number of carbonyl (C=O) groups excluding carboxylic acids is 3. The Morgan fingerprint density at radius 2 is 1.47 bits per heavy atom. The lowest BCUT2D eigenvalue weighted by atomic mass is 9.78. The Labute approximate surface area is 338 Å². The molecule has 0 spiro atoms. The number of hydrogen-bond acceptors (Lipinski definition) is 11. The zero-order chi connectivity index (χ0) is 42.2. The van der Waals surface area contributed by atoms with Gasteiger partial charge in [0.1, 0.15) is 35.6 Å². The van der Waals surface area contributed by atoms with Crippen molar-refractivity contribution in [3.63, 3.8) is 0 Å². The summed E-state index contributed by atoms with van der Waals surface area (Å²) < 4.78 is 18.6. The lowest BCUT2D eigenvalue weighted by molar-refractivity contribution is -0.148. The molecule has 15 heteroatoms. The van der Waals surface area contributed by atoms with Crippen LogP contribution in [0.25, 0.3) is 0 Å². The Bertz CT molecular complexity index is 1750. The number of nitrogens with zero attached hydrogens (tertiary/aromatic N) is 1. The average molecular weight is 812 g/mol. The van der Waals surface area contributed by atoms with Crippen molar-refractivity contribution in [2.75, 3.05) is 25.2 Å². The summed E-state index contributed by atoms with van der Waals surface area (Å²) in [5.41, 5.74) is 2.60. The van der Waals surface area contributed by atoms with Gasteiger partial charge >= 0.3 is 0 Å². The fourth-order valence-electron chi connectivity index (χ4n) is 7.09. The van der Waals surface area contributed by atoms with Crippen LogP contribution >= 0.6 is 0 Å². The van der Waals surface area contributed by atoms with E-state index in [1.807, 2.05) is 24.3 Å². The number of ether oxygens (including phenoxy) is 1. The molecule has 3 aromatic rings. The number of rotatable bonds is 25. The number of aliphatic hydroxyl groups excluding tert-OH is 6. The van der Waals surface area contributed by atoms with Gasteiger partial charge in [-0.15, -0.1) is 0 Å². The number of halogens is 1. The van der Waals surface area contributed by atoms with Crippen molar-refractivity contribution in [2.45, 2.75) is 114 Å². The van der Waals surface area contributed by atoms with Crippen molar-refractivity contribution in [3.8, 4) is 11.5 Å². The van der Waals surface area contributed by atoms with Gasteiger partial charge in [-0.25, -0.2) is 4.39 Å². The molecule has 0 saturated carbocycles. The maximum absolute atomic E-state index is 13.6. The summed E-state index contributed by atoms with van der Waals surface area (Å²) in [6, 6.07) is 17.4. The van der Waals surface area contributed by atoms with Crippen LogP contribution in [-0.4, -0.2) is 98.1 Å². The quantitative estimate of drug-likeness (QED) is 0.0445. The zero-order valence-corrected chi connectivity index (χ0v) is 32.9. The van der Waals surface area contributed by atoms with Crippen molar-refractivity contribution < 1.29 is 59.3 Å². The highest BCUT2D eigenvalue weighted by molar-refractivity contribution is 6.03. The normalized spacial score (nSPS) is 17.8. The van der Waals surface area contributed by atoms with Gasteiger partial charge in [-0.3, -0.25) is 14.4 Å². The molecule has 1 fully saturated rings. The minimum Gasteiger partial charge on any atom is -0.507 e. The molecule has 0 unspecified atom stereocenters. The molecule has 3 aromatic carbocycles. The highest BCUT2D eigenvalue weighted by atomic mass is 19.1. The Kier molecular flexibility index (Phi) is 18.3. The van der Waals surface area contributed by atoms with Crippen LogP contribution in [0.2, 0.25) is 0 Å². The van der Waals surface area contributed by atoms with Crippen LogP contribution in [0, 0.1) is 11.7 Å². The second kappa shape index (κ2) is 23.1. The standard InChI is InChI=1S/C43H58FN3O11/c1-58-31-19-20-32(35(50)24-31)38-33(21-22-34(49)28-13-15-29(44)16-14-28)43(57)47(38)30-17-11-27(12-18-30)25-46-37(52)10-8-6-4-2-3-5-7-9-23-45-42(56)41(55)40(54)39(53)36(51)26-48/h11-20,24,33-34,36,38-41,48-51,53-55H,2-10,21-23,25-26H2,1H3,(H,45,56)(H,46,52)/t33-,34+,36-,38-,39-,40+,41-/m1/s1. The number of anilines is 1. The van der Waals surface area contributed by atoms with E-state index in [0.717, 1.165) is 50.5 Å². The molecule has 1 saturated heterocycles. The van der Waals surface area contributed by atoms with E-state index in [1.165, 1.54) is 37.4 Å². The number of amides is 3. The first-order valence-corrected chi connectivity index (χ1v) is 20.0. The molecule has 0 bridgehead atoms. The molecule has 0 aliphatic carbocycles. The van der Waals surface area contributed by atoms with E-state index in [1.54, 1.807) is 17.0 Å². The van der Waals surface area contributed by atoms with Gasteiger partial charge in [-0.05, 0) is 73.2 Å². The fourth-order valence-corrected chi connectivity index (χ4v) is 7.09. The molecule has 1 aliphatic heterocycles. The molecule has 0 radical (unpaired) electrons. The number of β-lactam (4-membered cyclic amide) rings is 1. The lowest BCUT2D eigenvalue weighted by Gasteiger charge is -2.48. The van der Waals surface area contributed by atoms with Gasteiger partial charge in [-0.1, -0.05) is 62.8 Å². The smallest absolute Gasteiger partial charge is 0.251 e. The first-order chi connectivity index (χ1) is 27.9. The monoisotopic (exact) mass is 811 g/mol. The largest absolute Gasteiger partial charge is 0.507 e. The molecule has 318 valence electrons. The van der Waals surface area contributed by atoms with Crippen molar-refractivity contribution in [1.82, 2.24) is 10.6 Å². The number of carbonyl (C=O) groups is 3. The first kappa shape index (κ1) is 46.1. The molecular formula is C43H58FN3O11.